The third-order valence-electron chi connectivity index (χ3n) is 2.11. The van der Waals surface area contributed by atoms with Crippen molar-refractivity contribution in [1.82, 2.24) is 0 Å². The summed E-state index contributed by atoms with van der Waals surface area (Å²) in [4.78, 5) is 11.6. The highest BCUT2D eigenvalue weighted by molar-refractivity contribution is 9.10. The van der Waals surface area contributed by atoms with Gasteiger partial charge in [-0.1, -0.05) is 0 Å². The maximum atomic E-state index is 11.7. The number of halogens is 2. The Hall–Kier alpha value is -0.630. The van der Waals surface area contributed by atoms with Gasteiger partial charge in [-0.2, -0.15) is 0 Å². The Bertz CT molecular complexity index is 610. The van der Waals surface area contributed by atoms with E-state index in [2.05, 4.69) is 21.2 Å². The minimum absolute atomic E-state index is 0.0527. The van der Waals surface area contributed by atoms with Crippen LogP contribution < -0.4 is 5.32 Å². The topological polar surface area (TPSA) is 72.5 Å². The van der Waals surface area contributed by atoms with Crippen LogP contribution >= 0.6 is 26.6 Å². The van der Waals surface area contributed by atoms with Gasteiger partial charge in [0.25, 0.3) is 9.05 Å². The zero-order valence-corrected chi connectivity index (χ0v) is 14.4. The molecule has 0 spiro atoms. The van der Waals surface area contributed by atoms with Crippen molar-refractivity contribution in [1.29, 1.82) is 0 Å². The monoisotopic (exact) mass is 383 g/mol. The van der Waals surface area contributed by atoms with Gasteiger partial charge in [0, 0.05) is 20.8 Å². The molecule has 0 fully saturated rings. The third-order valence-corrected chi connectivity index (χ3v) is 4.41. The highest BCUT2D eigenvalue weighted by Crippen LogP contribution is 2.27. The number of ether oxygens (including phenoxy) is 1. The molecule has 0 atom stereocenters. The quantitative estimate of drug-likeness (QED) is 0.810. The van der Waals surface area contributed by atoms with Gasteiger partial charge in [-0.05, 0) is 54.9 Å². The fraction of sp³-hybridized carbons (Fsp3) is 0.417. The minimum atomic E-state index is -3.82. The van der Waals surface area contributed by atoms with E-state index in [1.165, 1.54) is 18.2 Å². The summed E-state index contributed by atoms with van der Waals surface area (Å²) in [7, 11) is 1.44. The zero-order valence-electron chi connectivity index (χ0n) is 11.2. The molecule has 1 N–H and O–H groups in total. The molecular formula is C12H15BrClNO4S. The van der Waals surface area contributed by atoms with Crippen molar-refractivity contribution in [2.24, 2.45) is 0 Å². The average molecular weight is 385 g/mol. The van der Waals surface area contributed by atoms with Crippen molar-refractivity contribution in [3.63, 3.8) is 0 Å². The fourth-order valence-corrected chi connectivity index (χ4v) is 3.48. The van der Waals surface area contributed by atoms with Crippen molar-refractivity contribution in [3.05, 3.63) is 22.7 Å². The summed E-state index contributed by atoms with van der Waals surface area (Å²) in [5, 5.41) is 2.60. The van der Waals surface area contributed by atoms with Crippen molar-refractivity contribution < 1.29 is 17.9 Å². The van der Waals surface area contributed by atoms with E-state index < -0.39 is 14.7 Å². The SMILES string of the molecule is CC(C)(C)OCC(=O)Nc1ccc(S(=O)(=O)Cl)c(Br)c1. The lowest BCUT2D eigenvalue weighted by atomic mass is 10.2. The van der Waals surface area contributed by atoms with Gasteiger partial charge in [0.2, 0.25) is 5.91 Å². The Kier molecular flexibility index (Phi) is 5.60. The number of carbonyl (C=O) groups excluding carboxylic acids is 1. The zero-order chi connectivity index (χ0) is 15.6. The van der Waals surface area contributed by atoms with Crippen LogP contribution in [0.4, 0.5) is 5.69 Å². The van der Waals surface area contributed by atoms with E-state index in [9.17, 15) is 13.2 Å². The largest absolute Gasteiger partial charge is 0.366 e. The van der Waals surface area contributed by atoms with Crippen LogP contribution in [0.25, 0.3) is 0 Å². The first-order valence-electron chi connectivity index (χ1n) is 5.67. The standard InChI is InChI=1S/C12H15BrClNO4S/c1-12(2,3)19-7-11(16)15-8-4-5-10(9(13)6-8)20(14,17)18/h4-6H,7H2,1-3H3,(H,15,16). The second-order valence-corrected chi connectivity index (χ2v) is 8.42. The van der Waals surface area contributed by atoms with E-state index in [4.69, 9.17) is 15.4 Å². The van der Waals surface area contributed by atoms with Gasteiger partial charge in [0.15, 0.2) is 0 Å². The summed E-state index contributed by atoms with van der Waals surface area (Å²) < 4.78 is 28.1. The van der Waals surface area contributed by atoms with Crippen LogP contribution in [0, 0.1) is 0 Å². The molecule has 0 saturated carbocycles. The molecule has 1 amide bonds. The number of carbonyl (C=O) groups is 1. The first-order valence-corrected chi connectivity index (χ1v) is 8.77. The molecule has 0 heterocycles. The van der Waals surface area contributed by atoms with Gasteiger partial charge in [-0.25, -0.2) is 8.42 Å². The summed E-state index contributed by atoms with van der Waals surface area (Å²) >= 11 is 3.10. The van der Waals surface area contributed by atoms with Crippen LogP contribution in [0.1, 0.15) is 20.8 Å². The highest BCUT2D eigenvalue weighted by Gasteiger charge is 2.16. The van der Waals surface area contributed by atoms with E-state index in [-0.39, 0.29) is 21.9 Å². The van der Waals surface area contributed by atoms with Crippen molar-refractivity contribution in [2.75, 3.05) is 11.9 Å². The lowest BCUT2D eigenvalue weighted by molar-refractivity contribution is -0.125. The Balaban J connectivity index is 2.76. The number of anilines is 1. The smallest absolute Gasteiger partial charge is 0.262 e. The van der Waals surface area contributed by atoms with Gasteiger partial charge >= 0.3 is 0 Å². The minimum Gasteiger partial charge on any atom is -0.366 e. The number of hydrogen-bond acceptors (Lipinski definition) is 4. The number of amides is 1. The molecule has 8 heteroatoms. The number of rotatable bonds is 4. The molecule has 1 aromatic rings. The summed E-state index contributed by atoms with van der Waals surface area (Å²) in [5.74, 6) is -0.326. The maximum Gasteiger partial charge on any atom is 0.262 e. The molecule has 5 nitrogen and oxygen atoms in total. The predicted molar refractivity (Wildman–Crippen MR) is 81.5 cm³/mol. The molecular weight excluding hydrogens is 370 g/mol. The highest BCUT2D eigenvalue weighted by atomic mass is 79.9. The second kappa shape index (κ2) is 6.43. The van der Waals surface area contributed by atoms with Gasteiger partial charge in [-0.15, -0.1) is 0 Å². The fourth-order valence-electron chi connectivity index (χ4n) is 1.26. The van der Waals surface area contributed by atoms with Crippen LogP contribution in [0.5, 0.6) is 0 Å². The number of hydrogen-bond donors (Lipinski definition) is 1. The van der Waals surface area contributed by atoms with Crippen LogP contribution in [-0.2, 0) is 18.6 Å². The van der Waals surface area contributed by atoms with E-state index in [1.54, 1.807) is 0 Å². The van der Waals surface area contributed by atoms with Gasteiger partial charge in [0.05, 0.1) is 10.5 Å². The van der Waals surface area contributed by atoms with Crippen LogP contribution in [0.2, 0.25) is 0 Å². The molecule has 1 aromatic carbocycles. The third kappa shape index (κ3) is 5.78. The van der Waals surface area contributed by atoms with Gasteiger partial charge < -0.3 is 10.1 Å². The lowest BCUT2D eigenvalue weighted by Gasteiger charge is -2.19. The normalized spacial score (nSPS) is 12.2. The first kappa shape index (κ1) is 17.4. The summed E-state index contributed by atoms with van der Waals surface area (Å²) in [6, 6.07) is 4.23. The Labute approximate surface area is 131 Å². The Morgan fingerprint density at radius 2 is 2.00 bits per heavy atom. The molecule has 0 radical (unpaired) electrons. The van der Waals surface area contributed by atoms with Crippen molar-refractivity contribution in [3.8, 4) is 0 Å². The summed E-state index contributed by atoms with van der Waals surface area (Å²) in [5.41, 5.74) is 0.0394. The Morgan fingerprint density at radius 1 is 1.40 bits per heavy atom. The average Bonchev–Trinajstić information content (AvgIpc) is 2.23. The summed E-state index contributed by atoms with van der Waals surface area (Å²) in [6.45, 7) is 5.45. The summed E-state index contributed by atoms with van der Waals surface area (Å²) in [6.07, 6.45) is 0. The molecule has 20 heavy (non-hydrogen) atoms. The molecule has 112 valence electrons. The van der Waals surface area contributed by atoms with E-state index >= 15 is 0 Å². The molecule has 0 aliphatic rings. The second-order valence-electron chi connectivity index (χ2n) is 5.03. The molecule has 0 saturated heterocycles. The van der Waals surface area contributed by atoms with E-state index in [0.717, 1.165) is 0 Å². The van der Waals surface area contributed by atoms with Gasteiger partial charge in [0.1, 0.15) is 6.61 Å². The van der Waals surface area contributed by atoms with E-state index in [0.29, 0.717) is 5.69 Å². The molecule has 1 rings (SSSR count). The Morgan fingerprint density at radius 3 is 2.45 bits per heavy atom. The maximum absolute atomic E-state index is 11.7. The molecule has 0 unspecified atom stereocenters. The molecule has 0 bridgehead atoms. The molecule has 0 aliphatic carbocycles. The lowest BCUT2D eigenvalue weighted by Crippen LogP contribution is -2.27. The van der Waals surface area contributed by atoms with Crippen molar-refractivity contribution in [2.45, 2.75) is 31.3 Å². The predicted octanol–water partition coefficient (Wildman–Crippen LogP) is 3.13. The number of nitrogens with one attached hydrogen (secondary N) is 1. The first-order chi connectivity index (χ1) is 8.99. The van der Waals surface area contributed by atoms with Gasteiger partial charge in [-0.3, -0.25) is 4.79 Å². The van der Waals surface area contributed by atoms with Crippen LogP contribution in [0.3, 0.4) is 0 Å². The van der Waals surface area contributed by atoms with Crippen molar-refractivity contribution >= 4 is 47.3 Å². The molecule has 0 aliphatic heterocycles. The van der Waals surface area contributed by atoms with Crippen LogP contribution in [-0.4, -0.2) is 26.5 Å². The number of benzene rings is 1. The van der Waals surface area contributed by atoms with Crippen LogP contribution in [0.15, 0.2) is 27.6 Å². The molecule has 0 aromatic heterocycles. The van der Waals surface area contributed by atoms with E-state index in [1.807, 2.05) is 20.8 Å².